The topological polar surface area (TPSA) is 12.0 Å². The molecule has 2 rings (SSSR count). The minimum absolute atomic E-state index is 0.969. The predicted octanol–water partition coefficient (Wildman–Crippen LogP) is 4.39. The zero-order valence-corrected chi connectivity index (χ0v) is 12.5. The van der Waals surface area contributed by atoms with Crippen LogP contribution in [-0.2, 0) is 6.54 Å². The number of thioether (sulfide) groups is 1. The molecule has 1 fully saturated rings. The summed E-state index contributed by atoms with van der Waals surface area (Å²) in [6.07, 6.45) is 5.80. The molecule has 1 aliphatic rings. The molecule has 0 saturated heterocycles. The average molecular weight is 263 g/mol. The average Bonchev–Trinajstić information content (AvgIpc) is 2.88. The molecule has 1 N–H and O–H groups in total. The summed E-state index contributed by atoms with van der Waals surface area (Å²) in [7, 11) is 0. The molecule has 0 aromatic heterocycles. The van der Waals surface area contributed by atoms with Crippen molar-refractivity contribution in [1.29, 1.82) is 0 Å². The molecule has 0 unspecified atom stereocenters. The van der Waals surface area contributed by atoms with E-state index in [0.29, 0.717) is 0 Å². The predicted molar refractivity (Wildman–Crippen MR) is 81.2 cm³/mol. The van der Waals surface area contributed by atoms with Gasteiger partial charge >= 0.3 is 0 Å². The Kier molecular flexibility index (Phi) is 5.58. The standard InChI is InChI=1S/C16H25NS/c1-3-17-11-15-8-9-16(10-13(15)2)18-12-14-6-4-5-7-14/h8-10,14,17H,3-7,11-12H2,1-2H3. The van der Waals surface area contributed by atoms with Crippen LogP contribution in [0.4, 0.5) is 0 Å². The SMILES string of the molecule is CCNCc1ccc(SCC2CCCC2)cc1C. The van der Waals surface area contributed by atoms with Gasteiger partial charge in [-0.05, 0) is 55.5 Å². The Bertz CT molecular complexity index is 369. The summed E-state index contributed by atoms with van der Waals surface area (Å²) in [5.41, 5.74) is 2.86. The van der Waals surface area contributed by atoms with Crippen molar-refractivity contribution in [3.63, 3.8) is 0 Å². The highest BCUT2D eigenvalue weighted by molar-refractivity contribution is 7.99. The van der Waals surface area contributed by atoms with Gasteiger partial charge in [0.25, 0.3) is 0 Å². The van der Waals surface area contributed by atoms with E-state index in [4.69, 9.17) is 0 Å². The van der Waals surface area contributed by atoms with Gasteiger partial charge in [0.1, 0.15) is 0 Å². The zero-order valence-electron chi connectivity index (χ0n) is 11.7. The van der Waals surface area contributed by atoms with E-state index in [1.807, 2.05) is 11.8 Å². The Hall–Kier alpha value is -0.470. The highest BCUT2D eigenvalue weighted by atomic mass is 32.2. The van der Waals surface area contributed by atoms with Gasteiger partial charge in [-0.1, -0.05) is 25.8 Å². The fourth-order valence-electron chi connectivity index (χ4n) is 2.61. The van der Waals surface area contributed by atoms with Crippen molar-refractivity contribution in [3.8, 4) is 0 Å². The fraction of sp³-hybridized carbons (Fsp3) is 0.625. The molecular formula is C16H25NS. The van der Waals surface area contributed by atoms with Crippen LogP contribution >= 0.6 is 11.8 Å². The van der Waals surface area contributed by atoms with Crippen LogP contribution in [-0.4, -0.2) is 12.3 Å². The highest BCUT2D eigenvalue weighted by Gasteiger charge is 2.15. The molecule has 18 heavy (non-hydrogen) atoms. The molecule has 1 saturated carbocycles. The summed E-state index contributed by atoms with van der Waals surface area (Å²) in [5.74, 6) is 2.28. The first kappa shape index (κ1) is 14.0. The molecule has 1 aromatic carbocycles. The van der Waals surface area contributed by atoms with Gasteiger partial charge in [0.05, 0.1) is 0 Å². The van der Waals surface area contributed by atoms with Gasteiger partial charge in [-0.2, -0.15) is 0 Å². The van der Waals surface area contributed by atoms with Crippen LogP contribution in [0.2, 0.25) is 0 Å². The van der Waals surface area contributed by atoms with Gasteiger partial charge in [-0.25, -0.2) is 0 Å². The summed E-state index contributed by atoms with van der Waals surface area (Å²) >= 11 is 2.04. The Morgan fingerprint density at radius 3 is 2.72 bits per heavy atom. The lowest BCUT2D eigenvalue weighted by Gasteiger charge is -2.11. The maximum absolute atomic E-state index is 3.39. The Morgan fingerprint density at radius 1 is 1.28 bits per heavy atom. The van der Waals surface area contributed by atoms with Crippen LogP contribution in [0.25, 0.3) is 0 Å². The quantitative estimate of drug-likeness (QED) is 0.764. The summed E-state index contributed by atoms with van der Waals surface area (Å²) in [6.45, 7) is 6.42. The van der Waals surface area contributed by atoms with Gasteiger partial charge in [-0.15, -0.1) is 11.8 Å². The second-order valence-electron chi connectivity index (χ2n) is 5.33. The van der Waals surface area contributed by atoms with Crippen LogP contribution in [0, 0.1) is 12.8 Å². The Balaban J connectivity index is 1.87. The van der Waals surface area contributed by atoms with Crippen LogP contribution in [0.15, 0.2) is 23.1 Å². The molecule has 0 aliphatic heterocycles. The van der Waals surface area contributed by atoms with Crippen molar-refractivity contribution in [3.05, 3.63) is 29.3 Å². The summed E-state index contributed by atoms with van der Waals surface area (Å²) in [5, 5.41) is 3.39. The first-order chi connectivity index (χ1) is 8.79. The van der Waals surface area contributed by atoms with Crippen LogP contribution in [0.1, 0.15) is 43.7 Å². The number of benzene rings is 1. The third-order valence-corrected chi connectivity index (χ3v) is 5.07. The van der Waals surface area contributed by atoms with Crippen molar-refractivity contribution in [1.82, 2.24) is 5.32 Å². The van der Waals surface area contributed by atoms with E-state index in [1.165, 1.54) is 47.5 Å². The normalized spacial score (nSPS) is 16.3. The van der Waals surface area contributed by atoms with Gasteiger partial charge in [0, 0.05) is 17.2 Å². The maximum atomic E-state index is 3.39. The first-order valence-corrected chi connectivity index (χ1v) is 8.21. The minimum Gasteiger partial charge on any atom is -0.313 e. The molecule has 2 heteroatoms. The van der Waals surface area contributed by atoms with Gasteiger partial charge in [0.2, 0.25) is 0 Å². The number of hydrogen-bond acceptors (Lipinski definition) is 2. The van der Waals surface area contributed by atoms with E-state index >= 15 is 0 Å². The van der Waals surface area contributed by atoms with E-state index < -0.39 is 0 Å². The number of rotatable bonds is 6. The molecule has 100 valence electrons. The van der Waals surface area contributed by atoms with Crippen LogP contribution < -0.4 is 5.32 Å². The molecule has 0 bridgehead atoms. The largest absolute Gasteiger partial charge is 0.313 e. The van der Waals surface area contributed by atoms with Crippen molar-refractivity contribution in [2.45, 2.75) is 51.0 Å². The highest BCUT2D eigenvalue weighted by Crippen LogP contribution is 2.31. The number of nitrogens with one attached hydrogen (secondary N) is 1. The minimum atomic E-state index is 0.969. The fourth-order valence-corrected chi connectivity index (χ4v) is 3.79. The molecule has 1 aromatic rings. The van der Waals surface area contributed by atoms with E-state index in [-0.39, 0.29) is 0 Å². The molecule has 0 spiro atoms. The molecule has 0 amide bonds. The first-order valence-electron chi connectivity index (χ1n) is 7.22. The molecule has 0 atom stereocenters. The second-order valence-corrected chi connectivity index (χ2v) is 6.42. The van der Waals surface area contributed by atoms with Crippen molar-refractivity contribution < 1.29 is 0 Å². The monoisotopic (exact) mass is 263 g/mol. The third kappa shape index (κ3) is 4.03. The summed E-state index contributed by atoms with van der Waals surface area (Å²) < 4.78 is 0. The summed E-state index contributed by atoms with van der Waals surface area (Å²) in [6, 6.07) is 6.93. The number of aryl methyl sites for hydroxylation is 1. The smallest absolute Gasteiger partial charge is 0.0208 e. The Labute approximate surface area is 116 Å². The zero-order chi connectivity index (χ0) is 12.8. The van der Waals surface area contributed by atoms with Gasteiger partial charge < -0.3 is 5.32 Å². The maximum Gasteiger partial charge on any atom is 0.0208 e. The molecule has 1 aliphatic carbocycles. The van der Waals surface area contributed by atoms with E-state index in [1.54, 1.807) is 0 Å². The van der Waals surface area contributed by atoms with Gasteiger partial charge in [0.15, 0.2) is 0 Å². The lowest BCUT2D eigenvalue weighted by molar-refractivity contribution is 0.623. The number of hydrogen-bond donors (Lipinski definition) is 1. The van der Waals surface area contributed by atoms with E-state index in [2.05, 4.69) is 37.4 Å². The van der Waals surface area contributed by atoms with Crippen molar-refractivity contribution in [2.24, 2.45) is 5.92 Å². The van der Waals surface area contributed by atoms with Crippen LogP contribution in [0.3, 0.4) is 0 Å². The lowest BCUT2D eigenvalue weighted by Crippen LogP contribution is -2.12. The van der Waals surface area contributed by atoms with Crippen LogP contribution in [0.5, 0.6) is 0 Å². The van der Waals surface area contributed by atoms with Crippen molar-refractivity contribution in [2.75, 3.05) is 12.3 Å². The Morgan fingerprint density at radius 2 is 2.06 bits per heavy atom. The second kappa shape index (κ2) is 7.20. The van der Waals surface area contributed by atoms with E-state index in [0.717, 1.165) is 19.0 Å². The molecular weight excluding hydrogens is 238 g/mol. The van der Waals surface area contributed by atoms with Gasteiger partial charge in [-0.3, -0.25) is 0 Å². The third-order valence-electron chi connectivity index (χ3n) is 3.84. The van der Waals surface area contributed by atoms with Crippen molar-refractivity contribution >= 4 is 11.8 Å². The summed E-state index contributed by atoms with van der Waals surface area (Å²) in [4.78, 5) is 1.44. The lowest BCUT2D eigenvalue weighted by atomic mass is 10.1. The van der Waals surface area contributed by atoms with E-state index in [9.17, 15) is 0 Å². The molecule has 0 radical (unpaired) electrons. The molecule has 0 heterocycles. The molecule has 1 nitrogen and oxygen atoms in total.